The van der Waals surface area contributed by atoms with Crippen molar-refractivity contribution in [1.29, 1.82) is 0 Å². The summed E-state index contributed by atoms with van der Waals surface area (Å²) >= 11 is 0. The van der Waals surface area contributed by atoms with Crippen LogP contribution in [0.2, 0.25) is 0 Å². The van der Waals surface area contributed by atoms with Gasteiger partial charge in [-0.15, -0.1) is 0 Å². The van der Waals surface area contributed by atoms with Crippen LogP contribution in [0.25, 0.3) is 0 Å². The minimum atomic E-state index is -0.427. The van der Waals surface area contributed by atoms with Gasteiger partial charge < -0.3 is 19.4 Å². The summed E-state index contributed by atoms with van der Waals surface area (Å²) in [5.74, 6) is 0.0232. The SMILES string of the molecule is CCOC(=O)c1c(C)c(C(=O)Nc2ccc(OC)cc2)c(C)n1C. The maximum Gasteiger partial charge on any atom is 0.355 e. The van der Waals surface area contributed by atoms with Gasteiger partial charge >= 0.3 is 5.97 Å². The molecule has 0 radical (unpaired) electrons. The topological polar surface area (TPSA) is 69.6 Å². The van der Waals surface area contributed by atoms with Crippen LogP contribution in [0, 0.1) is 13.8 Å². The first kappa shape index (κ1) is 17.6. The fourth-order valence-electron chi connectivity index (χ4n) is 2.67. The number of methoxy groups -OCH3 is 1. The summed E-state index contributed by atoms with van der Waals surface area (Å²) in [5.41, 5.74) is 2.85. The number of anilines is 1. The van der Waals surface area contributed by atoms with Gasteiger partial charge in [-0.1, -0.05) is 0 Å². The predicted molar refractivity (Wildman–Crippen MR) is 91.8 cm³/mol. The zero-order valence-corrected chi connectivity index (χ0v) is 14.6. The van der Waals surface area contributed by atoms with Gasteiger partial charge in [0.2, 0.25) is 0 Å². The number of hydrogen-bond donors (Lipinski definition) is 1. The molecule has 0 bridgehead atoms. The van der Waals surface area contributed by atoms with Crippen molar-refractivity contribution < 1.29 is 19.1 Å². The highest BCUT2D eigenvalue weighted by atomic mass is 16.5. The van der Waals surface area contributed by atoms with Gasteiger partial charge in [0.1, 0.15) is 11.4 Å². The Bertz CT molecular complexity index is 760. The second-order valence-electron chi connectivity index (χ2n) is 5.40. The number of benzene rings is 1. The molecule has 2 aromatic rings. The molecule has 0 spiro atoms. The number of esters is 1. The summed E-state index contributed by atoms with van der Waals surface area (Å²) < 4.78 is 11.9. The Kier molecular flexibility index (Phi) is 5.28. The number of ether oxygens (including phenoxy) is 2. The Labute approximate surface area is 141 Å². The van der Waals surface area contributed by atoms with Crippen LogP contribution in [0.5, 0.6) is 5.75 Å². The number of nitrogens with zero attached hydrogens (tertiary/aromatic N) is 1. The van der Waals surface area contributed by atoms with Crippen LogP contribution in [0.15, 0.2) is 24.3 Å². The summed E-state index contributed by atoms with van der Waals surface area (Å²) in [5, 5.41) is 2.84. The Morgan fingerprint density at radius 2 is 1.79 bits per heavy atom. The fourth-order valence-corrected chi connectivity index (χ4v) is 2.67. The molecule has 1 aromatic carbocycles. The van der Waals surface area contributed by atoms with Crippen molar-refractivity contribution >= 4 is 17.6 Å². The van der Waals surface area contributed by atoms with E-state index in [9.17, 15) is 9.59 Å². The Hall–Kier alpha value is -2.76. The maximum absolute atomic E-state index is 12.6. The second kappa shape index (κ2) is 7.21. The maximum atomic E-state index is 12.6. The predicted octanol–water partition coefficient (Wildman–Crippen LogP) is 3.08. The van der Waals surface area contributed by atoms with E-state index >= 15 is 0 Å². The second-order valence-corrected chi connectivity index (χ2v) is 5.40. The highest BCUT2D eigenvalue weighted by molar-refractivity contribution is 6.08. The molecule has 1 aromatic heterocycles. The molecule has 0 aliphatic heterocycles. The Morgan fingerprint density at radius 1 is 1.17 bits per heavy atom. The molecule has 0 unspecified atom stereocenters. The van der Waals surface area contributed by atoms with Crippen LogP contribution in [0.1, 0.15) is 39.0 Å². The van der Waals surface area contributed by atoms with Crippen molar-refractivity contribution in [2.45, 2.75) is 20.8 Å². The molecule has 0 saturated heterocycles. The van der Waals surface area contributed by atoms with E-state index in [4.69, 9.17) is 9.47 Å². The average Bonchev–Trinajstić information content (AvgIpc) is 2.78. The van der Waals surface area contributed by atoms with E-state index in [0.29, 0.717) is 34.0 Å². The third kappa shape index (κ3) is 3.27. The monoisotopic (exact) mass is 330 g/mol. The van der Waals surface area contributed by atoms with E-state index in [0.717, 1.165) is 0 Å². The molecule has 1 heterocycles. The van der Waals surface area contributed by atoms with Gasteiger partial charge in [-0.05, 0) is 50.6 Å². The molecule has 0 fully saturated rings. The zero-order chi connectivity index (χ0) is 17.9. The number of hydrogen-bond acceptors (Lipinski definition) is 4. The molecule has 0 saturated carbocycles. The lowest BCUT2D eigenvalue weighted by molar-refractivity contribution is 0.0514. The molecule has 1 amide bonds. The Morgan fingerprint density at radius 3 is 2.33 bits per heavy atom. The van der Waals surface area contributed by atoms with Crippen molar-refractivity contribution in [3.63, 3.8) is 0 Å². The van der Waals surface area contributed by atoms with E-state index < -0.39 is 5.97 Å². The number of rotatable bonds is 5. The molecule has 0 aliphatic carbocycles. The first-order valence-electron chi connectivity index (χ1n) is 7.69. The van der Waals surface area contributed by atoms with Crippen molar-refractivity contribution in [3.05, 3.63) is 46.8 Å². The molecule has 1 N–H and O–H groups in total. The van der Waals surface area contributed by atoms with E-state index in [-0.39, 0.29) is 12.5 Å². The summed E-state index contributed by atoms with van der Waals surface area (Å²) in [6.45, 7) is 5.59. The van der Waals surface area contributed by atoms with Gasteiger partial charge in [-0.25, -0.2) is 4.79 Å². The molecule has 128 valence electrons. The lowest BCUT2D eigenvalue weighted by Gasteiger charge is -2.07. The first-order chi connectivity index (χ1) is 11.4. The van der Waals surface area contributed by atoms with Gasteiger partial charge in [0.15, 0.2) is 0 Å². The number of amides is 1. The third-order valence-corrected chi connectivity index (χ3v) is 3.97. The van der Waals surface area contributed by atoms with Crippen molar-refractivity contribution in [1.82, 2.24) is 4.57 Å². The van der Waals surface area contributed by atoms with Gasteiger partial charge in [0.25, 0.3) is 5.91 Å². The van der Waals surface area contributed by atoms with Crippen molar-refractivity contribution in [2.24, 2.45) is 7.05 Å². The number of aromatic nitrogens is 1. The normalized spacial score (nSPS) is 10.4. The van der Waals surface area contributed by atoms with Gasteiger partial charge in [0, 0.05) is 18.4 Å². The highest BCUT2D eigenvalue weighted by Crippen LogP contribution is 2.24. The molecule has 6 heteroatoms. The highest BCUT2D eigenvalue weighted by Gasteiger charge is 2.25. The molecule has 0 aliphatic rings. The molecule has 0 atom stereocenters. The summed E-state index contributed by atoms with van der Waals surface area (Å²) in [7, 11) is 3.33. The molecule has 2 rings (SSSR count). The van der Waals surface area contributed by atoms with Crippen molar-refractivity contribution in [2.75, 3.05) is 19.0 Å². The lowest BCUT2D eigenvalue weighted by Crippen LogP contribution is -2.14. The third-order valence-electron chi connectivity index (χ3n) is 3.97. The van der Waals surface area contributed by atoms with E-state index in [1.165, 1.54) is 0 Å². The largest absolute Gasteiger partial charge is 0.497 e. The molecule has 6 nitrogen and oxygen atoms in total. The first-order valence-corrected chi connectivity index (χ1v) is 7.69. The van der Waals surface area contributed by atoms with Gasteiger partial charge in [-0.3, -0.25) is 4.79 Å². The van der Waals surface area contributed by atoms with Crippen LogP contribution in [0.3, 0.4) is 0 Å². The van der Waals surface area contributed by atoms with Crippen LogP contribution in [-0.4, -0.2) is 30.2 Å². The van der Waals surface area contributed by atoms with Gasteiger partial charge in [0.05, 0.1) is 19.3 Å². The smallest absolute Gasteiger partial charge is 0.355 e. The molecular formula is C18H22N2O4. The minimum Gasteiger partial charge on any atom is -0.497 e. The number of carbonyl (C=O) groups excluding carboxylic acids is 2. The summed E-state index contributed by atoms with van der Waals surface area (Å²) in [4.78, 5) is 24.8. The standard InChI is InChI=1S/C18H22N2O4/c1-6-24-18(22)16-11(2)15(12(3)20(16)4)17(21)19-13-7-9-14(23-5)10-8-13/h7-10H,6H2,1-5H3,(H,19,21). The van der Waals surface area contributed by atoms with Crippen LogP contribution >= 0.6 is 0 Å². The fraction of sp³-hybridized carbons (Fsp3) is 0.333. The summed E-state index contributed by atoms with van der Waals surface area (Å²) in [6.07, 6.45) is 0. The van der Waals surface area contributed by atoms with Crippen molar-refractivity contribution in [3.8, 4) is 5.75 Å². The van der Waals surface area contributed by atoms with E-state index in [2.05, 4.69) is 5.32 Å². The quantitative estimate of drug-likeness (QED) is 0.855. The number of nitrogens with one attached hydrogen (secondary N) is 1. The van der Waals surface area contributed by atoms with Gasteiger partial charge in [-0.2, -0.15) is 0 Å². The van der Waals surface area contributed by atoms with E-state index in [1.54, 1.807) is 63.8 Å². The van der Waals surface area contributed by atoms with Crippen LogP contribution < -0.4 is 10.1 Å². The molecule has 24 heavy (non-hydrogen) atoms. The minimum absolute atomic E-state index is 0.263. The average molecular weight is 330 g/mol. The Balaban J connectivity index is 2.32. The van der Waals surface area contributed by atoms with Crippen LogP contribution in [0.4, 0.5) is 5.69 Å². The summed E-state index contributed by atoms with van der Waals surface area (Å²) in [6, 6.07) is 7.06. The zero-order valence-electron chi connectivity index (χ0n) is 14.6. The lowest BCUT2D eigenvalue weighted by atomic mass is 10.1. The molecular weight excluding hydrogens is 308 g/mol. The van der Waals surface area contributed by atoms with E-state index in [1.807, 2.05) is 0 Å². The number of carbonyl (C=O) groups is 2. The van der Waals surface area contributed by atoms with Crippen LogP contribution in [-0.2, 0) is 11.8 Å².